The molecule has 1 unspecified atom stereocenters. The third-order valence-corrected chi connectivity index (χ3v) is 2.69. The first kappa shape index (κ1) is 12.8. The van der Waals surface area contributed by atoms with Crippen LogP contribution in [0, 0.1) is 0 Å². The molecule has 1 aromatic heterocycles. The highest BCUT2D eigenvalue weighted by Crippen LogP contribution is 2.15. The number of carbonyl (C=O) groups excluding carboxylic acids is 1. The quantitative estimate of drug-likeness (QED) is 0.857. The summed E-state index contributed by atoms with van der Waals surface area (Å²) < 4.78 is 5.31. The summed E-state index contributed by atoms with van der Waals surface area (Å²) in [6.07, 6.45) is 3.13. The molecule has 1 fully saturated rings. The maximum Gasteiger partial charge on any atom is 0.254 e. The number of anilines is 2. The van der Waals surface area contributed by atoms with Crippen LogP contribution in [0.4, 0.5) is 11.5 Å². The Bertz CT molecular complexity index is 397. The van der Waals surface area contributed by atoms with Crippen molar-refractivity contribution >= 4 is 17.4 Å². The zero-order chi connectivity index (χ0) is 13.0. The molecule has 0 aliphatic carbocycles. The van der Waals surface area contributed by atoms with E-state index < -0.39 is 0 Å². The minimum Gasteiger partial charge on any atom is -0.382 e. The summed E-state index contributed by atoms with van der Waals surface area (Å²) in [7, 11) is 0. The first-order valence-electron chi connectivity index (χ1n) is 6.30. The van der Waals surface area contributed by atoms with Crippen molar-refractivity contribution in [3.05, 3.63) is 18.3 Å². The molecule has 0 bridgehead atoms. The fraction of sp³-hybridized carbons (Fsp3) is 0.538. The van der Waals surface area contributed by atoms with E-state index in [9.17, 15) is 4.79 Å². The number of aromatic nitrogens is 1. The van der Waals surface area contributed by atoms with Gasteiger partial charge in [0.25, 0.3) is 5.91 Å². The van der Waals surface area contributed by atoms with Crippen LogP contribution in [-0.2, 0) is 9.53 Å². The van der Waals surface area contributed by atoms with E-state index in [1.165, 1.54) is 0 Å². The first-order valence-corrected chi connectivity index (χ1v) is 6.30. The lowest BCUT2D eigenvalue weighted by Gasteiger charge is -2.12. The predicted molar refractivity (Wildman–Crippen MR) is 70.6 cm³/mol. The van der Waals surface area contributed by atoms with E-state index in [1.54, 1.807) is 12.3 Å². The first-order chi connectivity index (χ1) is 8.65. The predicted octanol–water partition coefficient (Wildman–Crippen LogP) is 2.02. The fourth-order valence-electron chi connectivity index (χ4n) is 1.88. The highest BCUT2D eigenvalue weighted by atomic mass is 16.5. The summed E-state index contributed by atoms with van der Waals surface area (Å²) in [6, 6.07) is 4.05. The van der Waals surface area contributed by atoms with Crippen LogP contribution in [0.25, 0.3) is 0 Å². The molecular weight excluding hydrogens is 230 g/mol. The van der Waals surface area contributed by atoms with Gasteiger partial charge < -0.3 is 15.4 Å². The zero-order valence-electron chi connectivity index (χ0n) is 10.8. The highest BCUT2D eigenvalue weighted by Gasteiger charge is 2.23. The van der Waals surface area contributed by atoms with Crippen molar-refractivity contribution in [3.63, 3.8) is 0 Å². The minimum absolute atomic E-state index is 0.107. The lowest BCUT2D eigenvalue weighted by atomic mass is 10.2. The Balaban J connectivity index is 1.91. The van der Waals surface area contributed by atoms with Gasteiger partial charge in [-0.15, -0.1) is 0 Å². The van der Waals surface area contributed by atoms with Crippen molar-refractivity contribution in [2.24, 2.45) is 0 Å². The normalized spacial score (nSPS) is 18.9. The summed E-state index contributed by atoms with van der Waals surface area (Å²) in [4.78, 5) is 16.0. The monoisotopic (exact) mass is 249 g/mol. The molecule has 1 atom stereocenters. The number of amides is 1. The van der Waals surface area contributed by atoms with Crippen molar-refractivity contribution in [1.29, 1.82) is 0 Å². The molecule has 0 spiro atoms. The van der Waals surface area contributed by atoms with E-state index in [0.717, 1.165) is 18.5 Å². The molecule has 0 radical (unpaired) electrons. The van der Waals surface area contributed by atoms with Gasteiger partial charge in [0.05, 0.1) is 11.9 Å². The molecule has 1 aliphatic heterocycles. The topological polar surface area (TPSA) is 63.2 Å². The average molecular weight is 249 g/mol. The molecule has 18 heavy (non-hydrogen) atoms. The van der Waals surface area contributed by atoms with Crippen LogP contribution in [0.2, 0.25) is 0 Å². The molecular formula is C13H19N3O2. The molecule has 1 saturated heterocycles. The highest BCUT2D eigenvalue weighted by molar-refractivity contribution is 5.93. The largest absolute Gasteiger partial charge is 0.382 e. The van der Waals surface area contributed by atoms with Crippen molar-refractivity contribution in [2.75, 3.05) is 17.2 Å². The van der Waals surface area contributed by atoms with Gasteiger partial charge in [0.1, 0.15) is 11.9 Å². The van der Waals surface area contributed by atoms with Crippen LogP contribution < -0.4 is 10.6 Å². The number of rotatable bonds is 4. The van der Waals surface area contributed by atoms with Crippen LogP contribution in [0.15, 0.2) is 18.3 Å². The summed E-state index contributed by atoms with van der Waals surface area (Å²) in [5.41, 5.74) is 0.945. The van der Waals surface area contributed by atoms with Gasteiger partial charge in [0.2, 0.25) is 0 Å². The van der Waals surface area contributed by atoms with Gasteiger partial charge in [-0.25, -0.2) is 4.98 Å². The molecule has 0 aromatic carbocycles. The van der Waals surface area contributed by atoms with Crippen molar-refractivity contribution in [2.45, 2.75) is 38.8 Å². The van der Waals surface area contributed by atoms with Crippen LogP contribution in [0.3, 0.4) is 0 Å². The third kappa shape index (κ3) is 3.43. The molecule has 2 heterocycles. The van der Waals surface area contributed by atoms with E-state index in [0.29, 0.717) is 18.5 Å². The third-order valence-electron chi connectivity index (χ3n) is 2.69. The van der Waals surface area contributed by atoms with Crippen molar-refractivity contribution in [3.8, 4) is 0 Å². The molecule has 1 aliphatic rings. The number of nitrogens with zero attached hydrogens (tertiary/aromatic N) is 1. The van der Waals surface area contributed by atoms with E-state index in [-0.39, 0.29) is 12.0 Å². The maximum atomic E-state index is 11.8. The summed E-state index contributed by atoms with van der Waals surface area (Å²) in [6.45, 7) is 4.79. The Morgan fingerprint density at radius 1 is 1.50 bits per heavy atom. The Labute approximate surface area is 107 Å². The number of ether oxygens (including phenoxy) is 1. The zero-order valence-corrected chi connectivity index (χ0v) is 10.8. The van der Waals surface area contributed by atoms with Crippen LogP contribution in [-0.4, -0.2) is 29.6 Å². The summed E-state index contributed by atoms with van der Waals surface area (Å²) in [5, 5.41) is 6.00. The number of hydrogen-bond donors (Lipinski definition) is 2. The molecule has 2 N–H and O–H groups in total. The number of carbonyl (C=O) groups is 1. The second kappa shape index (κ2) is 5.82. The Hall–Kier alpha value is -1.62. The van der Waals surface area contributed by atoms with Gasteiger partial charge in [0, 0.05) is 12.6 Å². The summed E-state index contributed by atoms with van der Waals surface area (Å²) >= 11 is 0. The maximum absolute atomic E-state index is 11.8. The second-order valence-electron chi connectivity index (χ2n) is 4.72. The Morgan fingerprint density at radius 2 is 2.33 bits per heavy atom. The average Bonchev–Trinajstić information content (AvgIpc) is 2.84. The van der Waals surface area contributed by atoms with Crippen molar-refractivity contribution < 1.29 is 9.53 Å². The van der Waals surface area contributed by atoms with Crippen molar-refractivity contribution in [1.82, 2.24) is 4.98 Å². The lowest BCUT2D eigenvalue weighted by molar-refractivity contribution is -0.124. The van der Waals surface area contributed by atoms with Gasteiger partial charge in [0.15, 0.2) is 0 Å². The lowest BCUT2D eigenvalue weighted by Crippen LogP contribution is -2.27. The van der Waals surface area contributed by atoms with Gasteiger partial charge in [-0.05, 0) is 38.8 Å². The molecule has 98 valence electrons. The Morgan fingerprint density at radius 3 is 2.89 bits per heavy atom. The van der Waals surface area contributed by atoms with E-state index in [2.05, 4.69) is 29.5 Å². The molecule has 1 amide bonds. The molecule has 1 aromatic rings. The number of hydrogen-bond acceptors (Lipinski definition) is 4. The number of pyridine rings is 1. The SMILES string of the molecule is CC(C)Nc1ccc(NC(=O)C2CCCO2)nc1. The fourth-order valence-corrected chi connectivity index (χ4v) is 1.88. The van der Waals surface area contributed by atoms with Crippen LogP contribution in [0.1, 0.15) is 26.7 Å². The smallest absolute Gasteiger partial charge is 0.254 e. The molecule has 2 rings (SSSR count). The van der Waals surface area contributed by atoms with Gasteiger partial charge in [-0.2, -0.15) is 0 Å². The minimum atomic E-state index is -0.319. The summed E-state index contributed by atoms with van der Waals surface area (Å²) in [5.74, 6) is 0.453. The van der Waals surface area contributed by atoms with E-state index >= 15 is 0 Å². The molecule has 0 saturated carbocycles. The molecule has 5 nitrogen and oxygen atoms in total. The van der Waals surface area contributed by atoms with Gasteiger partial charge >= 0.3 is 0 Å². The van der Waals surface area contributed by atoms with Gasteiger partial charge in [-0.3, -0.25) is 4.79 Å². The van der Waals surface area contributed by atoms with Crippen LogP contribution in [0.5, 0.6) is 0 Å². The number of nitrogens with one attached hydrogen (secondary N) is 2. The standard InChI is InChI=1S/C13H19N3O2/c1-9(2)15-10-5-6-12(14-8-10)16-13(17)11-4-3-7-18-11/h5-6,8-9,11,15H,3-4,7H2,1-2H3,(H,14,16,17). The van der Waals surface area contributed by atoms with E-state index in [4.69, 9.17) is 4.74 Å². The Kier molecular flexibility index (Phi) is 4.15. The molecule has 5 heteroatoms. The van der Waals surface area contributed by atoms with Crippen LogP contribution >= 0.6 is 0 Å². The second-order valence-corrected chi connectivity index (χ2v) is 4.72. The van der Waals surface area contributed by atoms with E-state index in [1.807, 2.05) is 6.07 Å². The van der Waals surface area contributed by atoms with Gasteiger partial charge in [-0.1, -0.05) is 0 Å².